The van der Waals surface area contributed by atoms with E-state index in [1.807, 2.05) is 22.9 Å². The van der Waals surface area contributed by atoms with E-state index >= 15 is 0 Å². The first-order valence-corrected chi connectivity index (χ1v) is 12.1. The second-order valence-corrected chi connectivity index (χ2v) is 8.86. The van der Waals surface area contributed by atoms with Crippen LogP contribution in [-0.2, 0) is 24.4 Å². The second kappa shape index (κ2) is 10.8. The van der Waals surface area contributed by atoms with Gasteiger partial charge in [-0.05, 0) is 35.7 Å². The smallest absolute Gasteiger partial charge is 0.0975 e. The molecule has 0 unspecified atom stereocenters. The predicted octanol–water partition coefficient (Wildman–Crippen LogP) is 4.97. The fraction of sp³-hybridized carbons (Fsp3) is 0.276. The normalized spacial score (nSPS) is 14.4. The molecular weight excluding hydrogens is 420 g/mol. The Hall–Kier alpha value is -3.25. The van der Waals surface area contributed by atoms with Crippen LogP contribution >= 0.6 is 0 Å². The van der Waals surface area contributed by atoms with Gasteiger partial charge in [-0.3, -0.25) is 4.90 Å². The lowest BCUT2D eigenvalue weighted by Gasteiger charge is -2.27. The van der Waals surface area contributed by atoms with Crippen molar-refractivity contribution >= 4 is 0 Å². The number of hydrogen-bond donors (Lipinski definition) is 1. The number of benzene rings is 3. The highest BCUT2D eigenvalue weighted by molar-refractivity contribution is 5.66. The highest BCUT2D eigenvalue weighted by Gasteiger charge is 2.15. The highest BCUT2D eigenvalue weighted by atomic mass is 16.5. The summed E-state index contributed by atoms with van der Waals surface area (Å²) in [4.78, 5) is 2.47. The summed E-state index contributed by atoms with van der Waals surface area (Å²) in [6.45, 7) is 8.35. The minimum atomic E-state index is 0.752. The van der Waals surface area contributed by atoms with Gasteiger partial charge in [0.2, 0.25) is 0 Å². The first-order valence-electron chi connectivity index (χ1n) is 12.1. The van der Waals surface area contributed by atoms with Gasteiger partial charge in [0.25, 0.3) is 0 Å². The number of ether oxygens (including phenoxy) is 1. The average Bonchev–Trinajstić information content (AvgIpc) is 3.30. The van der Waals surface area contributed by atoms with E-state index in [1.54, 1.807) is 0 Å². The van der Waals surface area contributed by atoms with Crippen molar-refractivity contribution in [3.63, 3.8) is 0 Å². The zero-order chi connectivity index (χ0) is 23.2. The quantitative estimate of drug-likeness (QED) is 0.410. The lowest BCUT2D eigenvalue weighted by Crippen LogP contribution is -2.36. The van der Waals surface area contributed by atoms with Crippen molar-refractivity contribution in [2.75, 3.05) is 26.3 Å². The van der Waals surface area contributed by atoms with E-state index in [9.17, 15) is 0 Å². The zero-order valence-electron chi connectivity index (χ0n) is 19.8. The number of nitrogens with one attached hydrogen (secondary N) is 1. The van der Waals surface area contributed by atoms with Crippen LogP contribution in [0.5, 0.6) is 0 Å². The van der Waals surface area contributed by atoms with Crippen LogP contribution in [0.1, 0.15) is 22.3 Å². The Morgan fingerprint density at radius 1 is 0.794 bits per heavy atom. The van der Waals surface area contributed by atoms with Crippen LogP contribution in [-0.4, -0.2) is 41.0 Å². The third kappa shape index (κ3) is 5.28. The fourth-order valence-electron chi connectivity index (χ4n) is 4.53. The van der Waals surface area contributed by atoms with E-state index in [-0.39, 0.29) is 0 Å². The molecular formula is C29H32N4O. The SMILES string of the molecule is Cc1ccccc1-c1nn(-c2ccccc2)cc1CNCc1ccccc1CN1CCOCC1. The fourth-order valence-corrected chi connectivity index (χ4v) is 4.53. The van der Waals surface area contributed by atoms with Crippen LogP contribution in [0.3, 0.4) is 0 Å². The number of aromatic nitrogens is 2. The molecule has 0 amide bonds. The molecule has 4 aromatic rings. The van der Waals surface area contributed by atoms with Crippen LogP contribution in [0.25, 0.3) is 16.9 Å². The standard InChI is InChI=1S/C29H32N4O/c1-23-9-5-8-14-28(23)29-26(22-33(31-29)27-12-3-2-4-13-27)20-30-19-24-10-6-7-11-25(24)21-32-15-17-34-18-16-32/h2-14,22,30H,15-21H2,1H3. The van der Waals surface area contributed by atoms with Crippen molar-refractivity contribution in [2.24, 2.45) is 0 Å². The van der Waals surface area contributed by atoms with Crippen molar-refractivity contribution in [3.05, 3.63) is 107 Å². The first kappa shape index (κ1) is 22.5. The van der Waals surface area contributed by atoms with Crippen molar-refractivity contribution in [1.29, 1.82) is 0 Å². The van der Waals surface area contributed by atoms with Crippen molar-refractivity contribution in [1.82, 2.24) is 20.0 Å². The topological polar surface area (TPSA) is 42.3 Å². The summed E-state index contributed by atoms with van der Waals surface area (Å²) in [5, 5.41) is 8.68. The molecule has 1 aliphatic rings. The summed E-state index contributed by atoms with van der Waals surface area (Å²) in [5.74, 6) is 0. The largest absolute Gasteiger partial charge is 0.379 e. The summed E-state index contributed by atoms with van der Waals surface area (Å²) >= 11 is 0. The van der Waals surface area contributed by atoms with Crippen molar-refractivity contribution in [2.45, 2.75) is 26.6 Å². The molecule has 0 spiro atoms. The molecule has 2 heterocycles. The van der Waals surface area contributed by atoms with Crippen LogP contribution in [0.15, 0.2) is 85.1 Å². The first-order chi connectivity index (χ1) is 16.8. The Morgan fingerprint density at radius 3 is 2.26 bits per heavy atom. The molecule has 5 heteroatoms. The van der Waals surface area contributed by atoms with Crippen molar-refractivity contribution in [3.8, 4) is 16.9 Å². The Morgan fingerprint density at radius 2 is 1.47 bits per heavy atom. The van der Waals surface area contributed by atoms with Crippen LogP contribution in [0.4, 0.5) is 0 Å². The Labute approximate surface area is 202 Å². The molecule has 5 nitrogen and oxygen atoms in total. The lowest BCUT2D eigenvalue weighted by molar-refractivity contribution is 0.0340. The summed E-state index contributed by atoms with van der Waals surface area (Å²) < 4.78 is 7.50. The number of para-hydroxylation sites is 1. The van der Waals surface area contributed by atoms with E-state index in [1.165, 1.54) is 27.8 Å². The summed E-state index contributed by atoms with van der Waals surface area (Å²) in [6.07, 6.45) is 2.16. The molecule has 0 saturated carbocycles. The number of aryl methyl sites for hydroxylation is 1. The summed E-state index contributed by atoms with van der Waals surface area (Å²) in [7, 11) is 0. The van der Waals surface area contributed by atoms with E-state index in [4.69, 9.17) is 9.84 Å². The van der Waals surface area contributed by atoms with Gasteiger partial charge in [-0.2, -0.15) is 5.10 Å². The number of morpholine rings is 1. The monoisotopic (exact) mass is 452 g/mol. The van der Waals surface area contributed by atoms with E-state index in [0.29, 0.717) is 0 Å². The Bertz CT molecular complexity index is 1210. The maximum atomic E-state index is 5.51. The molecule has 1 aromatic heterocycles. The zero-order valence-corrected chi connectivity index (χ0v) is 19.8. The van der Waals surface area contributed by atoms with Gasteiger partial charge in [-0.1, -0.05) is 66.7 Å². The molecule has 34 heavy (non-hydrogen) atoms. The average molecular weight is 453 g/mol. The third-order valence-corrected chi connectivity index (χ3v) is 6.46. The van der Waals surface area contributed by atoms with E-state index in [2.05, 4.69) is 84.0 Å². The Kier molecular flexibility index (Phi) is 7.15. The maximum Gasteiger partial charge on any atom is 0.0975 e. The van der Waals surface area contributed by atoms with Gasteiger partial charge in [0.15, 0.2) is 0 Å². The minimum absolute atomic E-state index is 0.752. The van der Waals surface area contributed by atoms with E-state index < -0.39 is 0 Å². The molecule has 174 valence electrons. The molecule has 5 rings (SSSR count). The van der Waals surface area contributed by atoms with Gasteiger partial charge in [-0.25, -0.2) is 4.68 Å². The summed E-state index contributed by atoms with van der Waals surface area (Å²) in [6, 6.07) is 27.5. The van der Waals surface area contributed by atoms with Gasteiger partial charge in [0.05, 0.1) is 24.6 Å². The number of nitrogens with zero attached hydrogens (tertiary/aromatic N) is 3. The van der Waals surface area contributed by atoms with Crippen LogP contribution in [0.2, 0.25) is 0 Å². The molecule has 0 bridgehead atoms. The summed E-state index contributed by atoms with van der Waals surface area (Å²) in [5.41, 5.74) is 8.46. The van der Waals surface area contributed by atoms with E-state index in [0.717, 1.165) is 57.3 Å². The minimum Gasteiger partial charge on any atom is -0.379 e. The van der Waals surface area contributed by atoms with Crippen molar-refractivity contribution < 1.29 is 4.74 Å². The number of hydrogen-bond acceptors (Lipinski definition) is 4. The van der Waals surface area contributed by atoms with Crippen LogP contribution in [0, 0.1) is 6.92 Å². The molecule has 0 atom stereocenters. The predicted molar refractivity (Wildman–Crippen MR) is 137 cm³/mol. The van der Waals surface area contributed by atoms with Crippen LogP contribution < -0.4 is 5.32 Å². The van der Waals surface area contributed by atoms with Gasteiger partial charge in [-0.15, -0.1) is 0 Å². The number of rotatable bonds is 8. The molecule has 1 fully saturated rings. The molecule has 3 aromatic carbocycles. The molecule has 1 aliphatic heterocycles. The maximum absolute atomic E-state index is 5.51. The second-order valence-electron chi connectivity index (χ2n) is 8.86. The van der Waals surface area contributed by atoms with Gasteiger partial charge in [0, 0.05) is 50.0 Å². The Balaban J connectivity index is 1.35. The molecule has 1 N–H and O–H groups in total. The van der Waals surface area contributed by atoms with Gasteiger partial charge in [0.1, 0.15) is 0 Å². The lowest BCUT2D eigenvalue weighted by atomic mass is 10.0. The molecule has 1 saturated heterocycles. The molecule has 0 radical (unpaired) electrons. The molecule has 0 aliphatic carbocycles. The van der Waals surface area contributed by atoms with Gasteiger partial charge >= 0.3 is 0 Å². The highest BCUT2D eigenvalue weighted by Crippen LogP contribution is 2.27. The van der Waals surface area contributed by atoms with Gasteiger partial charge < -0.3 is 10.1 Å². The third-order valence-electron chi connectivity index (χ3n) is 6.46.